The normalized spacial score (nSPS) is 23.1. The first-order valence-electron chi connectivity index (χ1n) is 8.31. The Bertz CT molecular complexity index is 588. The van der Waals surface area contributed by atoms with Crippen LogP contribution in [0.25, 0.3) is 0 Å². The van der Waals surface area contributed by atoms with Crippen LogP contribution in [0.5, 0.6) is 5.75 Å². The predicted molar refractivity (Wildman–Crippen MR) is 83.3 cm³/mol. The summed E-state index contributed by atoms with van der Waals surface area (Å²) < 4.78 is 27.2. The lowest BCUT2D eigenvalue weighted by atomic mass is 9.98. The number of aromatic hydroxyl groups is 1. The van der Waals surface area contributed by atoms with E-state index >= 15 is 0 Å². The van der Waals surface area contributed by atoms with E-state index in [0.717, 1.165) is 44.7 Å². The minimum absolute atomic E-state index is 0.220. The standard InChI is InChI=1S/C17H22F2N2O2/c18-15-12(8-9-14(22)16(15)19)20-17(23)13-7-3-4-10-21(13)11-5-1-2-6-11/h8-9,11,13,22H,1-7,10H2,(H,20,23). The largest absolute Gasteiger partial charge is 0.505 e. The summed E-state index contributed by atoms with van der Waals surface area (Å²) in [7, 11) is 0. The van der Waals surface area contributed by atoms with Crippen molar-refractivity contribution < 1.29 is 18.7 Å². The Kier molecular flexibility index (Phi) is 4.80. The molecule has 2 aliphatic rings. The summed E-state index contributed by atoms with van der Waals surface area (Å²) in [6.07, 6.45) is 7.36. The number of hydrogen-bond donors (Lipinski definition) is 2. The average molecular weight is 324 g/mol. The van der Waals surface area contributed by atoms with Gasteiger partial charge in [-0.2, -0.15) is 4.39 Å². The molecule has 126 valence electrons. The molecule has 1 aliphatic carbocycles. The SMILES string of the molecule is O=C(Nc1ccc(O)c(F)c1F)C1CCCCN1C1CCCC1. The van der Waals surface area contributed by atoms with Gasteiger partial charge in [0.25, 0.3) is 0 Å². The molecule has 1 aliphatic heterocycles. The maximum Gasteiger partial charge on any atom is 0.241 e. The Labute approximate surface area is 134 Å². The number of carbonyl (C=O) groups is 1. The number of likely N-dealkylation sites (tertiary alicyclic amines) is 1. The minimum Gasteiger partial charge on any atom is -0.505 e. The second-order valence-corrected chi connectivity index (χ2v) is 6.44. The van der Waals surface area contributed by atoms with Crippen LogP contribution in [0.15, 0.2) is 12.1 Å². The zero-order chi connectivity index (χ0) is 16.4. The van der Waals surface area contributed by atoms with Gasteiger partial charge in [-0.25, -0.2) is 4.39 Å². The highest BCUT2D eigenvalue weighted by Crippen LogP contribution is 2.31. The quantitative estimate of drug-likeness (QED) is 0.838. The van der Waals surface area contributed by atoms with Crippen LogP contribution >= 0.6 is 0 Å². The number of phenols is 1. The number of hydrogen-bond acceptors (Lipinski definition) is 3. The average Bonchev–Trinajstić information content (AvgIpc) is 3.10. The van der Waals surface area contributed by atoms with E-state index in [1.807, 2.05) is 0 Å². The van der Waals surface area contributed by atoms with Gasteiger partial charge in [-0.05, 0) is 44.4 Å². The van der Waals surface area contributed by atoms with Crippen molar-refractivity contribution in [1.29, 1.82) is 0 Å². The van der Waals surface area contributed by atoms with Crippen LogP contribution in [-0.4, -0.2) is 34.5 Å². The number of benzene rings is 1. The van der Waals surface area contributed by atoms with E-state index in [9.17, 15) is 13.6 Å². The summed E-state index contributed by atoms with van der Waals surface area (Å²) in [5, 5.41) is 11.7. The van der Waals surface area contributed by atoms with Crippen molar-refractivity contribution in [3.05, 3.63) is 23.8 Å². The first-order chi connectivity index (χ1) is 11.1. The van der Waals surface area contributed by atoms with E-state index in [4.69, 9.17) is 5.11 Å². The summed E-state index contributed by atoms with van der Waals surface area (Å²) in [5.74, 6) is -3.60. The lowest BCUT2D eigenvalue weighted by Gasteiger charge is -2.38. The Balaban J connectivity index is 1.74. The molecule has 0 bridgehead atoms. The van der Waals surface area contributed by atoms with Crippen LogP contribution < -0.4 is 5.32 Å². The Morgan fingerprint density at radius 3 is 2.52 bits per heavy atom. The molecule has 2 N–H and O–H groups in total. The van der Waals surface area contributed by atoms with Crippen molar-refractivity contribution >= 4 is 11.6 Å². The van der Waals surface area contributed by atoms with E-state index < -0.39 is 17.4 Å². The van der Waals surface area contributed by atoms with E-state index in [0.29, 0.717) is 6.04 Å². The number of piperidine rings is 1. The Morgan fingerprint density at radius 1 is 1.09 bits per heavy atom. The molecule has 1 aromatic rings. The van der Waals surface area contributed by atoms with Gasteiger partial charge in [0.2, 0.25) is 11.7 Å². The van der Waals surface area contributed by atoms with Gasteiger partial charge in [-0.3, -0.25) is 9.69 Å². The number of phenolic OH excluding ortho intramolecular Hbond substituents is 1. The van der Waals surface area contributed by atoms with E-state index in [1.54, 1.807) is 0 Å². The molecule has 0 radical (unpaired) electrons. The molecule has 1 aromatic carbocycles. The molecule has 0 spiro atoms. The van der Waals surface area contributed by atoms with Gasteiger partial charge in [0, 0.05) is 6.04 Å². The molecule has 4 nitrogen and oxygen atoms in total. The van der Waals surface area contributed by atoms with Crippen molar-refractivity contribution in [2.75, 3.05) is 11.9 Å². The van der Waals surface area contributed by atoms with Gasteiger partial charge in [0.1, 0.15) is 0 Å². The zero-order valence-corrected chi connectivity index (χ0v) is 13.0. The zero-order valence-electron chi connectivity index (χ0n) is 13.0. The molecule has 1 saturated heterocycles. The number of rotatable bonds is 3. The van der Waals surface area contributed by atoms with Crippen LogP contribution in [0.1, 0.15) is 44.9 Å². The van der Waals surface area contributed by atoms with Crippen molar-refractivity contribution in [1.82, 2.24) is 4.90 Å². The van der Waals surface area contributed by atoms with Crippen LogP contribution in [0, 0.1) is 11.6 Å². The molecule has 3 rings (SSSR count). The highest BCUT2D eigenvalue weighted by atomic mass is 19.2. The van der Waals surface area contributed by atoms with Gasteiger partial charge in [-0.1, -0.05) is 19.3 Å². The highest BCUT2D eigenvalue weighted by molar-refractivity contribution is 5.95. The van der Waals surface area contributed by atoms with Crippen LogP contribution in [0.4, 0.5) is 14.5 Å². The molecule has 2 fully saturated rings. The molecular weight excluding hydrogens is 302 g/mol. The number of halogens is 2. The highest BCUT2D eigenvalue weighted by Gasteiger charge is 2.35. The topological polar surface area (TPSA) is 52.6 Å². The maximum absolute atomic E-state index is 13.8. The van der Waals surface area contributed by atoms with E-state index in [1.165, 1.54) is 18.9 Å². The molecule has 1 heterocycles. The fourth-order valence-corrected chi connectivity index (χ4v) is 3.76. The molecule has 6 heteroatoms. The van der Waals surface area contributed by atoms with Gasteiger partial charge in [-0.15, -0.1) is 0 Å². The summed E-state index contributed by atoms with van der Waals surface area (Å²) in [6.45, 7) is 0.884. The van der Waals surface area contributed by atoms with E-state index in [-0.39, 0.29) is 17.6 Å². The molecule has 23 heavy (non-hydrogen) atoms. The van der Waals surface area contributed by atoms with Crippen LogP contribution in [-0.2, 0) is 4.79 Å². The van der Waals surface area contributed by atoms with Crippen molar-refractivity contribution in [2.24, 2.45) is 0 Å². The number of anilines is 1. The van der Waals surface area contributed by atoms with Crippen LogP contribution in [0.2, 0.25) is 0 Å². The third-order valence-electron chi connectivity index (χ3n) is 4.96. The fourth-order valence-electron chi connectivity index (χ4n) is 3.76. The summed E-state index contributed by atoms with van der Waals surface area (Å²) in [6, 6.07) is 2.37. The van der Waals surface area contributed by atoms with E-state index in [2.05, 4.69) is 10.2 Å². The molecule has 1 amide bonds. The first-order valence-corrected chi connectivity index (χ1v) is 8.31. The predicted octanol–water partition coefficient (Wildman–Crippen LogP) is 3.41. The lowest BCUT2D eigenvalue weighted by Crippen LogP contribution is -2.51. The first kappa shape index (κ1) is 16.2. The lowest BCUT2D eigenvalue weighted by molar-refractivity contribution is -0.123. The van der Waals surface area contributed by atoms with Gasteiger partial charge < -0.3 is 10.4 Å². The Morgan fingerprint density at radius 2 is 1.78 bits per heavy atom. The maximum atomic E-state index is 13.8. The molecule has 1 atom stereocenters. The third-order valence-corrected chi connectivity index (χ3v) is 4.96. The third kappa shape index (κ3) is 3.32. The minimum atomic E-state index is -1.33. The summed E-state index contributed by atoms with van der Waals surface area (Å²) in [4.78, 5) is 14.8. The number of nitrogens with one attached hydrogen (secondary N) is 1. The molecule has 1 unspecified atom stereocenters. The molecule has 1 saturated carbocycles. The number of amides is 1. The van der Waals surface area contributed by atoms with Crippen LogP contribution in [0.3, 0.4) is 0 Å². The van der Waals surface area contributed by atoms with Crippen molar-refractivity contribution in [2.45, 2.75) is 57.0 Å². The van der Waals surface area contributed by atoms with Gasteiger partial charge in [0.05, 0.1) is 11.7 Å². The van der Waals surface area contributed by atoms with Crippen molar-refractivity contribution in [3.63, 3.8) is 0 Å². The second kappa shape index (κ2) is 6.83. The Hall–Kier alpha value is -1.69. The number of nitrogens with zero attached hydrogens (tertiary/aromatic N) is 1. The van der Waals surface area contributed by atoms with Crippen molar-refractivity contribution in [3.8, 4) is 5.75 Å². The van der Waals surface area contributed by atoms with Gasteiger partial charge >= 0.3 is 0 Å². The second-order valence-electron chi connectivity index (χ2n) is 6.44. The smallest absolute Gasteiger partial charge is 0.241 e. The summed E-state index contributed by atoms with van der Waals surface area (Å²) >= 11 is 0. The monoisotopic (exact) mass is 324 g/mol. The number of carbonyl (C=O) groups excluding carboxylic acids is 1. The molecule has 0 aromatic heterocycles. The fraction of sp³-hybridized carbons (Fsp3) is 0.588. The van der Waals surface area contributed by atoms with Gasteiger partial charge in [0.15, 0.2) is 11.6 Å². The summed E-state index contributed by atoms with van der Waals surface area (Å²) in [5.41, 5.74) is -0.220. The molecular formula is C17H22F2N2O2.